The summed E-state index contributed by atoms with van der Waals surface area (Å²) < 4.78 is 32.8. The summed E-state index contributed by atoms with van der Waals surface area (Å²) in [7, 11) is 1.60. The fourth-order valence-corrected chi connectivity index (χ4v) is 4.48. The highest BCUT2D eigenvalue weighted by Gasteiger charge is 2.23. The Morgan fingerprint density at radius 2 is 1.62 bits per heavy atom. The third kappa shape index (κ3) is 5.33. The number of amides is 1. The first-order valence-electron chi connectivity index (χ1n) is 11.8. The van der Waals surface area contributed by atoms with Crippen LogP contribution in [0.2, 0.25) is 0 Å². The van der Waals surface area contributed by atoms with Crippen LogP contribution in [0.4, 0.5) is 14.5 Å². The van der Waals surface area contributed by atoms with Gasteiger partial charge in [0.25, 0.3) is 0 Å². The molecule has 5 rings (SSSR count). The number of rotatable bonds is 7. The molecule has 0 fully saturated rings. The Labute approximate surface area is 213 Å². The highest BCUT2D eigenvalue weighted by molar-refractivity contribution is 5.97. The number of para-hydroxylation sites is 1. The van der Waals surface area contributed by atoms with Gasteiger partial charge in [0.15, 0.2) is 0 Å². The number of halogens is 2. The standard InChI is InChI=1S/C31H24F2N2O2/c1-37-30-5-3-2-4-22(30)18-27(31(36)35-25-13-10-23(32)11-14-25)21-8-6-20(7-9-21)26-16-17-34-29-15-12-24(33)19-28(26)29/h2-17,19,27H,18H2,1H3,(H,35,36)/t27-/m1/s1. The third-order valence-corrected chi connectivity index (χ3v) is 6.37. The van der Waals surface area contributed by atoms with Crippen LogP contribution in [-0.4, -0.2) is 18.0 Å². The number of fused-ring (bicyclic) bond motifs is 1. The molecule has 4 nitrogen and oxygen atoms in total. The van der Waals surface area contributed by atoms with Gasteiger partial charge in [0.2, 0.25) is 5.91 Å². The van der Waals surface area contributed by atoms with Gasteiger partial charge in [0, 0.05) is 17.3 Å². The first-order valence-corrected chi connectivity index (χ1v) is 11.8. The number of benzene rings is 4. The lowest BCUT2D eigenvalue weighted by Gasteiger charge is -2.19. The molecule has 184 valence electrons. The van der Waals surface area contributed by atoms with Crippen LogP contribution in [0.5, 0.6) is 5.75 Å². The highest BCUT2D eigenvalue weighted by atomic mass is 19.1. The summed E-state index contributed by atoms with van der Waals surface area (Å²) in [5.41, 5.74) is 4.65. The summed E-state index contributed by atoms with van der Waals surface area (Å²) in [6.45, 7) is 0. The van der Waals surface area contributed by atoms with Gasteiger partial charge in [0.05, 0.1) is 18.5 Å². The summed E-state index contributed by atoms with van der Waals surface area (Å²) in [5.74, 6) is -0.761. The summed E-state index contributed by atoms with van der Waals surface area (Å²) in [6, 6.07) is 27.3. The minimum Gasteiger partial charge on any atom is -0.496 e. The van der Waals surface area contributed by atoms with Gasteiger partial charge in [-0.25, -0.2) is 8.78 Å². The van der Waals surface area contributed by atoms with Gasteiger partial charge in [-0.2, -0.15) is 0 Å². The monoisotopic (exact) mass is 494 g/mol. The van der Waals surface area contributed by atoms with Crippen molar-refractivity contribution in [2.24, 2.45) is 0 Å². The molecule has 1 amide bonds. The van der Waals surface area contributed by atoms with Crippen LogP contribution in [-0.2, 0) is 11.2 Å². The van der Waals surface area contributed by atoms with Crippen LogP contribution < -0.4 is 10.1 Å². The van der Waals surface area contributed by atoms with Gasteiger partial charge < -0.3 is 10.1 Å². The molecule has 0 saturated heterocycles. The molecule has 0 aliphatic heterocycles. The van der Waals surface area contributed by atoms with E-state index >= 15 is 0 Å². The Bertz CT molecular complexity index is 1550. The largest absolute Gasteiger partial charge is 0.496 e. The van der Waals surface area contributed by atoms with Crippen LogP contribution in [0, 0.1) is 11.6 Å². The van der Waals surface area contributed by atoms with E-state index in [9.17, 15) is 13.6 Å². The Hall–Kier alpha value is -4.58. The van der Waals surface area contributed by atoms with Crippen molar-refractivity contribution in [3.63, 3.8) is 0 Å². The zero-order valence-electron chi connectivity index (χ0n) is 20.1. The van der Waals surface area contributed by atoms with Crippen molar-refractivity contribution in [2.75, 3.05) is 12.4 Å². The van der Waals surface area contributed by atoms with Crippen LogP contribution in [0.3, 0.4) is 0 Å². The van der Waals surface area contributed by atoms with Gasteiger partial charge in [-0.05, 0) is 83.3 Å². The van der Waals surface area contributed by atoms with Crippen molar-refractivity contribution in [2.45, 2.75) is 12.3 Å². The van der Waals surface area contributed by atoms with Gasteiger partial charge in [-0.15, -0.1) is 0 Å². The SMILES string of the molecule is COc1ccccc1C[C@@H](C(=O)Nc1ccc(F)cc1)c1ccc(-c2ccnc3ccc(F)cc23)cc1. The molecule has 0 aliphatic carbocycles. The van der Waals surface area contributed by atoms with Crippen LogP contribution >= 0.6 is 0 Å². The molecule has 6 heteroatoms. The maximum Gasteiger partial charge on any atom is 0.232 e. The number of carbonyl (C=O) groups is 1. The molecule has 1 N–H and O–H groups in total. The lowest BCUT2D eigenvalue weighted by molar-refractivity contribution is -0.117. The minimum absolute atomic E-state index is 0.221. The molecular weight excluding hydrogens is 470 g/mol. The van der Waals surface area contributed by atoms with E-state index in [4.69, 9.17) is 4.74 Å². The summed E-state index contributed by atoms with van der Waals surface area (Å²) >= 11 is 0. The van der Waals surface area contributed by atoms with Crippen molar-refractivity contribution in [1.82, 2.24) is 4.98 Å². The Kier molecular flexibility index (Phi) is 6.90. The summed E-state index contributed by atoms with van der Waals surface area (Å²) in [4.78, 5) is 17.8. The number of carbonyl (C=O) groups excluding carboxylic acids is 1. The predicted molar refractivity (Wildman–Crippen MR) is 142 cm³/mol. The van der Waals surface area contributed by atoms with Crippen LogP contribution in [0.15, 0.2) is 103 Å². The molecular formula is C31H24F2N2O2. The molecule has 0 saturated carbocycles. The van der Waals surface area contributed by atoms with Gasteiger partial charge in [-0.3, -0.25) is 9.78 Å². The lowest BCUT2D eigenvalue weighted by atomic mass is 9.89. The quantitative estimate of drug-likeness (QED) is 0.261. The van der Waals surface area contributed by atoms with E-state index in [1.807, 2.05) is 54.6 Å². The zero-order valence-corrected chi connectivity index (χ0v) is 20.1. The average Bonchev–Trinajstić information content (AvgIpc) is 2.93. The molecule has 37 heavy (non-hydrogen) atoms. The number of pyridine rings is 1. The number of ether oxygens (including phenoxy) is 1. The number of anilines is 1. The normalized spacial score (nSPS) is 11.8. The number of hydrogen-bond acceptors (Lipinski definition) is 3. The molecule has 0 bridgehead atoms. The van der Waals surface area contributed by atoms with Crippen molar-refractivity contribution in [3.8, 4) is 16.9 Å². The second-order valence-electron chi connectivity index (χ2n) is 8.71. The number of aromatic nitrogens is 1. The van der Waals surface area contributed by atoms with E-state index in [-0.39, 0.29) is 17.5 Å². The average molecular weight is 495 g/mol. The number of nitrogens with zero attached hydrogens (tertiary/aromatic N) is 1. The zero-order chi connectivity index (χ0) is 25.8. The van der Waals surface area contributed by atoms with E-state index in [1.165, 1.54) is 36.4 Å². The van der Waals surface area contributed by atoms with Crippen molar-refractivity contribution >= 4 is 22.5 Å². The second-order valence-corrected chi connectivity index (χ2v) is 8.71. The van der Waals surface area contributed by atoms with E-state index in [0.717, 1.165) is 27.6 Å². The predicted octanol–water partition coefficient (Wildman–Crippen LogP) is 7.15. The molecule has 0 aliphatic rings. The summed E-state index contributed by atoms with van der Waals surface area (Å²) in [5, 5.41) is 3.62. The molecule has 5 aromatic rings. The fourth-order valence-electron chi connectivity index (χ4n) is 4.48. The maximum atomic E-state index is 14.0. The summed E-state index contributed by atoms with van der Waals surface area (Å²) in [6.07, 6.45) is 2.10. The molecule has 1 aromatic heterocycles. The van der Waals surface area contributed by atoms with Crippen molar-refractivity contribution in [1.29, 1.82) is 0 Å². The number of hydrogen-bond donors (Lipinski definition) is 1. The van der Waals surface area contributed by atoms with Crippen molar-refractivity contribution in [3.05, 3.63) is 126 Å². The molecule has 4 aromatic carbocycles. The fraction of sp³-hybridized carbons (Fsp3) is 0.0968. The Balaban J connectivity index is 1.50. The van der Waals surface area contributed by atoms with Crippen LogP contribution in [0.1, 0.15) is 17.0 Å². The van der Waals surface area contributed by atoms with E-state index < -0.39 is 5.92 Å². The molecule has 0 unspecified atom stereocenters. The highest BCUT2D eigenvalue weighted by Crippen LogP contribution is 2.32. The Morgan fingerprint density at radius 1 is 0.892 bits per heavy atom. The minimum atomic E-state index is -0.540. The van der Waals surface area contributed by atoms with E-state index in [2.05, 4.69) is 10.3 Å². The molecule has 1 atom stereocenters. The van der Waals surface area contributed by atoms with Gasteiger partial charge >= 0.3 is 0 Å². The molecule has 0 radical (unpaired) electrons. The maximum absolute atomic E-state index is 14.0. The first-order chi connectivity index (χ1) is 18.0. The number of nitrogens with one attached hydrogen (secondary N) is 1. The van der Waals surface area contributed by atoms with Gasteiger partial charge in [-0.1, -0.05) is 42.5 Å². The third-order valence-electron chi connectivity index (χ3n) is 6.37. The second kappa shape index (κ2) is 10.6. The lowest BCUT2D eigenvalue weighted by Crippen LogP contribution is -2.23. The smallest absolute Gasteiger partial charge is 0.232 e. The van der Waals surface area contributed by atoms with Crippen LogP contribution in [0.25, 0.3) is 22.0 Å². The number of methoxy groups -OCH3 is 1. The molecule has 0 spiro atoms. The topological polar surface area (TPSA) is 51.2 Å². The van der Waals surface area contributed by atoms with Gasteiger partial charge in [0.1, 0.15) is 17.4 Å². The van der Waals surface area contributed by atoms with E-state index in [0.29, 0.717) is 23.4 Å². The molecule has 1 heterocycles. The van der Waals surface area contributed by atoms with E-state index in [1.54, 1.807) is 19.4 Å². The Morgan fingerprint density at radius 3 is 2.38 bits per heavy atom. The first kappa shape index (κ1) is 24.1. The van der Waals surface area contributed by atoms with Crippen molar-refractivity contribution < 1.29 is 18.3 Å².